The van der Waals surface area contributed by atoms with E-state index in [0.717, 1.165) is 10.3 Å². The maximum absolute atomic E-state index is 15.4. The normalized spacial score (nSPS) is 14.0. The van der Waals surface area contributed by atoms with Gasteiger partial charge in [-0.3, -0.25) is 9.88 Å². The minimum atomic E-state index is -1.98. The first kappa shape index (κ1) is 37.1. The minimum absolute atomic E-state index is 0.0368. The molecule has 0 aliphatic carbocycles. The van der Waals surface area contributed by atoms with Crippen LogP contribution in [0.1, 0.15) is 41.5 Å². The van der Waals surface area contributed by atoms with E-state index in [-0.39, 0.29) is 35.2 Å². The Morgan fingerprint density at radius 2 is 1.76 bits per heavy atom. The second kappa shape index (κ2) is 14.6. The van der Waals surface area contributed by atoms with E-state index in [4.69, 9.17) is 30.2 Å². The van der Waals surface area contributed by atoms with Gasteiger partial charge >= 0.3 is 12.1 Å². The van der Waals surface area contributed by atoms with Crippen LogP contribution in [-0.4, -0.2) is 71.4 Å². The van der Waals surface area contributed by atoms with E-state index in [2.05, 4.69) is 53.8 Å². The molecule has 266 valence electrons. The van der Waals surface area contributed by atoms with Gasteiger partial charge in [-0.05, 0) is 57.1 Å². The molecule has 0 bridgehead atoms. The predicted molar refractivity (Wildman–Crippen MR) is 197 cm³/mol. The van der Waals surface area contributed by atoms with Crippen LogP contribution in [0.4, 0.5) is 14.9 Å². The predicted octanol–water partition coefficient (Wildman–Crippen LogP) is 9.23. The van der Waals surface area contributed by atoms with Crippen molar-refractivity contribution >= 4 is 64.2 Å². The molecule has 5 rings (SSSR count). The van der Waals surface area contributed by atoms with Crippen LogP contribution in [0.25, 0.3) is 31.7 Å². The van der Waals surface area contributed by atoms with Gasteiger partial charge in [-0.1, -0.05) is 32.4 Å². The number of pyridine rings is 1. The van der Waals surface area contributed by atoms with Crippen LogP contribution in [0.5, 0.6) is 17.5 Å². The third kappa shape index (κ3) is 8.09. The lowest BCUT2D eigenvalue weighted by atomic mass is 10.1. The van der Waals surface area contributed by atoms with Gasteiger partial charge in [-0.25, -0.2) is 24.1 Å². The first-order chi connectivity index (χ1) is 23.5. The highest BCUT2D eigenvalue weighted by Crippen LogP contribution is 2.39. The van der Waals surface area contributed by atoms with E-state index in [1.165, 1.54) is 29.8 Å². The number of carboxylic acid groups (broad SMARTS) is 1. The standard InChI is InChI=1S/C35H41ClFN5O6SSi/c1-19(48-50(8,9)35(4,5)6)18-46-33-39-15-24(16-40-33)42(34(43)44)20(2)21(3)47-29-14-30-28(13-27(29)37)41-32(49-30)26-12-23(36)10-22-11-25(45-7)17-38-31(22)26/h10-17,19-21H,18H2,1-9H3,(H,43,44)/t19-,20-,21+/m1/s1. The molecule has 3 atom stereocenters. The van der Waals surface area contributed by atoms with Crippen molar-refractivity contribution in [1.82, 2.24) is 19.9 Å². The van der Waals surface area contributed by atoms with Crippen molar-refractivity contribution < 1.29 is 32.9 Å². The summed E-state index contributed by atoms with van der Waals surface area (Å²) in [5, 5.41) is 12.1. The van der Waals surface area contributed by atoms with Crippen molar-refractivity contribution in [2.75, 3.05) is 18.6 Å². The summed E-state index contributed by atoms with van der Waals surface area (Å²) < 4.78 is 39.4. The van der Waals surface area contributed by atoms with E-state index in [9.17, 15) is 9.90 Å². The molecule has 0 unspecified atom stereocenters. The number of rotatable bonds is 12. The molecule has 0 fully saturated rings. The Morgan fingerprint density at radius 3 is 2.40 bits per heavy atom. The van der Waals surface area contributed by atoms with Crippen LogP contribution in [0.2, 0.25) is 23.2 Å². The molecule has 0 aliphatic heterocycles. The first-order valence-corrected chi connectivity index (χ1v) is 20.1. The number of carbonyl (C=O) groups is 1. The number of thiazole rings is 1. The van der Waals surface area contributed by atoms with Crippen LogP contribution in [0, 0.1) is 5.82 Å². The molecule has 0 spiro atoms. The fourth-order valence-corrected chi connectivity index (χ4v) is 7.69. The zero-order valence-electron chi connectivity index (χ0n) is 29.4. The Bertz CT molecular complexity index is 2010. The van der Waals surface area contributed by atoms with Gasteiger partial charge in [-0.2, -0.15) is 0 Å². The average molecular weight is 742 g/mol. The molecular weight excluding hydrogens is 701 g/mol. The highest BCUT2D eigenvalue weighted by atomic mass is 35.5. The Labute approximate surface area is 300 Å². The number of hydrogen-bond donors (Lipinski definition) is 1. The monoisotopic (exact) mass is 741 g/mol. The van der Waals surface area contributed by atoms with Gasteiger partial charge in [0.05, 0.1) is 59.3 Å². The number of ether oxygens (including phenoxy) is 3. The van der Waals surface area contributed by atoms with Crippen molar-refractivity contribution in [3.05, 3.63) is 59.8 Å². The smallest absolute Gasteiger partial charge is 0.412 e. The quantitative estimate of drug-likeness (QED) is 0.124. The molecule has 11 nitrogen and oxygen atoms in total. The molecule has 1 N–H and O–H groups in total. The number of benzene rings is 2. The number of halogens is 2. The molecule has 50 heavy (non-hydrogen) atoms. The molecule has 3 heterocycles. The van der Waals surface area contributed by atoms with Gasteiger partial charge in [0.15, 0.2) is 19.9 Å². The van der Waals surface area contributed by atoms with Crippen molar-refractivity contribution in [3.63, 3.8) is 0 Å². The topological polar surface area (TPSA) is 129 Å². The second-order valence-electron chi connectivity index (χ2n) is 13.6. The summed E-state index contributed by atoms with van der Waals surface area (Å²) in [6.45, 7) is 16.4. The molecule has 0 saturated carbocycles. The number of amides is 1. The maximum atomic E-state index is 15.4. The van der Waals surface area contributed by atoms with E-state index in [1.807, 2.05) is 13.0 Å². The third-order valence-corrected chi connectivity index (χ3v) is 14.8. The summed E-state index contributed by atoms with van der Waals surface area (Å²) in [6.07, 6.45) is 2.16. The van der Waals surface area contributed by atoms with Crippen LogP contribution in [0.3, 0.4) is 0 Å². The van der Waals surface area contributed by atoms with Crippen LogP contribution < -0.4 is 19.1 Å². The van der Waals surface area contributed by atoms with E-state index in [1.54, 1.807) is 45.4 Å². The molecular formula is C35H41ClFN5O6SSi. The van der Waals surface area contributed by atoms with E-state index >= 15 is 4.39 Å². The van der Waals surface area contributed by atoms with Gasteiger partial charge in [0.2, 0.25) is 0 Å². The third-order valence-electron chi connectivity index (χ3n) is 8.88. The SMILES string of the molecule is COc1cnc2c(-c3nc4cc(F)c(O[C@@H](C)[C@@H](C)N(C(=O)O)c5cnc(OC[C@@H](C)O[Si](C)(C)C(C)(C)C)nc5)cc4s3)cc(Cl)cc2c1. The van der Waals surface area contributed by atoms with Crippen molar-refractivity contribution in [2.45, 2.75) is 77.9 Å². The fourth-order valence-electron chi connectivity index (χ4n) is 5.05. The highest BCUT2D eigenvalue weighted by molar-refractivity contribution is 7.21. The number of nitrogens with zero attached hydrogens (tertiary/aromatic N) is 5. The van der Waals surface area contributed by atoms with Gasteiger partial charge < -0.3 is 23.7 Å². The van der Waals surface area contributed by atoms with Crippen molar-refractivity contribution in [1.29, 1.82) is 0 Å². The molecule has 0 radical (unpaired) electrons. The Hall–Kier alpha value is -4.11. The number of hydrogen-bond acceptors (Lipinski definition) is 10. The van der Waals surface area contributed by atoms with E-state index in [0.29, 0.717) is 37.1 Å². The molecule has 5 aromatic rings. The van der Waals surface area contributed by atoms with Crippen LogP contribution in [0.15, 0.2) is 48.9 Å². The average Bonchev–Trinajstić information content (AvgIpc) is 3.45. The lowest BCUT2D eigenvalue weighted by Crippen LogP contribution is -2.46. The zero-order chi connectivity index (χ0) is 36.5. The van der Waals surface area contributed by atoms with E-state index < -0.39 is 32.4 Å². The number of fused-ring (bicyclic) bond motifs is 2. The lowest BCUT2D eigenvalue weighted by molar-refractivity contribution is 0.123. The lowest BCUT2D eigenvalue weighted by Gasteiger charge is -2.38. The molecule has 0 aliphatic rings. The second-order valence-corrected chi connectivity index (χ2v) is 19.8. The van der Waals surface area contributed by atoms with Gasteiger partial charge in [0, 0.05) is 28.1 Å². The molecule has 2 aromatic carbocycles. The summed E-state index contributed by atoms with van der Waals surface area (Å²) in [5.74, 6) is -0.0775. The zero-order valence-corrected chi connectivity index (χ0v) is 32.0. The van der Waals surface area contributed by atoms with Gasteiger partial charge in [0.1, 0.15) is 23.5 Å². The van der Waals surface area contributed by atoms with Crippen LogP contribution in [-0.2, 0) is 4.43 Å². The summed E-state index contributed by atoms with van der Waals surface area (Å²) in [7, 11) is -0.417. The van der Waals surface area contributed by atoms with Crippen LogP contribution >= 0.6 is 22.9 Å². The Balaban J connectivity index is 1.30. The maximum Gasteiger partial charge on any atom is 0.412 e. The summed E-state index contributed by atoms with van der Waals surface area (Å²) in [5.41, 5.74) is 2.02. The summed E-state index contributed by atoms with van der Waals surface area (Å²) in [4.78, 5) is 31.1. The highest BCUT2D eigenvalue weighted by Gasteiger charge is 2.38. The minimum Gasteiger partial charge on any atom is -0.495 e. The van der Waals surface area contributed by atoms with Gasteiger partial charge in [-0.15, -0.1) is 11.3 Å². The van der Waals surface area contributed by atoms with Gasteiger partial charge in [0.25, 0.3) is 0 Å². The largest absolute Gasteiger partial charge is 0.495 e. The summed E-state index contributed by atoms with van der Waals surface area (Å²) in [6, 6.07) is 7.60. The summed E-state index contributed by atoms with van der Waals surface area (Å²) >= 11 is 7.76. The number of anilines is 1. The Kier molecular flexibility index (Phi) is 10.9. The number of methoxy groups -OCH3 is 1. The van der Waals surface area contributed by atoms with Crippen molar-refractivity contribution in [2.24, 2.45) is 0 Å². The number of aromatic nitrogens is 4. The fraction of sp³-hybridized carbons (Fsp3) is 0.400. The molecule has 1 amide bonds. The molecule has 15 heteroatoms. The Morgan fingerprint density at radius 1 is 1.06 bits per heavy atom. The first-order valence-electron chi connectivity index (χ1n) is 16.0. The molecule has 0 saturated heterocycles. The van der Waals surface area contributed by atoms with Crippen molar-refractivity contribution in [3.8, 4) is 28.1 Å². The molecule has 3 aromatic heterocycles.